The summed E-state index contributed by atoms with van der Waals surface area (Å²) in [5, 5.41) is 0. The molecule has 1 aromatic rings. The van der Waals surface area contributed by atoms with Gasteiger partial charge in [0.15, 0.2) is 0 Å². The molecule has 0 saturated heterocycles. The van der Waals surface area contributed by atoms with Crippen LogP contribution in [0.15, 0.2) is 12.4 Å². The van der Waals surface area contributed by atoms with Crippen molar-refractivity contribution in [3.05, 3.63) is 18.2 Å². The lowest BCUT2D eigenvalue weighted by Gasteiger charge is -2.06. The molecule has 0 aliphatic rings. The SMILES string of the molecule is CCCn1cc[n+](CCC)c1CC(C)C. The molecule has 86 valence electrons. The Kier molecular flexibility index (Phi) is 4.86. The number of nitrogens with zero attached hydrogens (tertiary/aromatic N) is 2. The second-order valence-corrected chi connectivity index (χ2v) is 4.70. The van der Waals surface area contributed by atoms with E-state index in [9.17, 15) is 0 Å². The minimum atomic E-state index is 0.735. The molecule has 0 N–H and O–H groups in total. The Morgan fingerprint density at radius 1 is 1.27 bits per heavy atom. The van der Waals surface area contributed by atoms with E-state index in [-0.39, 0.29) is 0 Å². The van der Waals surface area contributed by atoms with Crippen LogP contribution in [0.3, 0.4) is 0 Å². The van der Waals surface area contributed by atoms with E-state index in [1.807, 2.05) is 0 Å². The molecule has 0 aromatic carbocycles. The molecule has 0 fully saturated rings. The van der Waals surface area contributed by atoms with Crippen LogP contribution < -0.4 is 4.57 Å². The molecule has 15 heavy (non-hydrogen) atoms. The molecule has 0 saturated carbocycles. The summed E-state index contributed by atoms with van der Waals surface area (Å²) < 4.78 is 4.82. The summed E-state index contributed by atoms with van der Waals surface area (Å²) in [6.07, 6.45) is 8.08. The van der Waals surface area contributed by atoms with Crippen molar-refractivity contribution in [2.75, 3.05) is 0 Å². The number of aryl methyl sites for hydroxylation is 2. The number of hydrogen-bond acceptors (Lipinski definition) is 0. The van der Waals surface area contributed by atoms with Crippen molar-refractivity contribution in [1.29, 1.82) is 0 Å². The van der Waals surface area contributed by atoms with Crippen LogP contribution >= 0.6 is 0 Å². The van der Waals surface area contributed by atoms with Crippen molar-refractivity contribution in [3.8, 4) is 0 Å². The molecule has 2 nitrogen and oxygen atoms in total. The van der Waals surface area contributed by atoms with Crippen LogP contribution in [-0.4, -0.2) is 4.57 Å². The zero-order valence-corrected chi connectivity index (χ0v) is 10.7. The highest BCUT2D eigenvalue weighted by Crippen LogP contribution is 2.06. The van der Waals surface area contributed by atoms with Crippen LogP contribution in [-0.2, 0) is 19.5 Å². The van der Waals surface area contributed by atoms with Crippen molar-refractivity contribution >= 4 is 0 Å². The van der Waals surface area contributed by atoms with Crippen LogP contribution in [0.4, 0.5) is 0 Å². The Hall–Kier alpha value is -0.790. The van der Waals surface area contributed by atoms with Gasteiger partial charge in [0.1, 0.15) is 12.4 Å². The summed E-state index contributed by atoms with van der Waals surface area (Å²) in [5.41, 5.74) is 0. The van der Waals surface area contributed by atoms with E-state index < -0.39 is 0 Å². The van der Waals surface area contributed by atoms with Crippen molar-refractivity contribution < 1.29 is 4.57 Å². The second kappa shape index (κ2) is 5.94. The lowest BCUT2D eigenvalue weighted by Crippen LogP contribution is -2.37. The molecular weight excluding hydrogens is 184 g/mol. The second-order valence-electron chi connectivity index (χ2n) is 4.70. The van der Waals surface area contributed by atoms with Gasteiger partial charge in [0, 0.05) is 0 Å². The summed E-state index contributed by atoms with van der Waals surface area (Å²) in [5.74, 6) is 2.23. The van der Waals surface area contributed by atoms with Gasteiger partial charge in [0.2, 0.25) is 0 Å². The van der Waals surface area contributed by atoms with Crippen molar-refractivity contribution in [2.45, 2.75) is 60.0 Å². The predicted octanol–water partition coefficient (Wildman–Crippen LogP) is 2.79. The lowest BCUT2D eigenvalue weighted by molar-refractivity contribution is -0.704. The molecular formula is C13H25N2+. The van der Waals surface area contributed by atoms with Gasteiger partial charge in [-0.15, -0.1) is 0 Å². The van der Waals surface area contributed by atoms with Crippen LogP contribution in [0.5, 0.6) is 0 Å². The maximum atomic E-state index is 2.41. The normalized spacial score (nSPS) is 11.3. The van der Waals surface area contributed by atoms with Gasteiger partial charge in [-0.05, 0) is 18.8 Å². The number of aromatic nitrogens is 2. The van der Waals surface area contributed by atoms with E-state index in [0.29, 0.717) is 0 Å². The van der Waals surface area contributed by atoms with E-state index in [2.05, 4.69) is 49.2 Å². The van der Waals surface area contributed by atoms with E-state index in [0.717, 1.165) is 19.0 Å². The number of hydrogen-bond donors (Lipinski definition) is 0. The van der Waals surface area contributed by atoms with Crippen LogP contribution in [0.25, 0.3) is 0 Å². The fourth-order valence-corrected chi connectivity index (χ4v) is 1.99. The first-order valence-electron chi connectivity index (χ1n) is 6.26. The highest BCUT2D eigenvalue weighted by Gasteiger charge is 2.16. The first kappa shape index (κ1) is 12.3. The summed E-state index contributed by atoms with van der Waals surface area (Å²) >= 11 is 0. The van der Waals surface area contributed by atoms with Crippen LogP contribution in [0.1, 0.15) is 46.4 Å². The molecule has 1 aromatic heterocycles. The third kappa shape index (κ3) is 3.37. The highest BCUT2D eigenvalue weighted by molar-refractivity contribution is 4.85. The van der Waals surface area contributed by atoms with E-state index in [1.165, 1.54) is 25.1 Å². The molecule has 0 bridgehead atoms. The number of rotatable bonds is 6. The van der Waals surface area contributed by atoms with Gasteiger partial charge < -0.3 is 0 Å². The van der Waals surface area contributed by atoms with E-state index >= 15 is 0 Å². The zero-order valence-electron chi connectivity index (χ0n) is 10.7. The topological polar surface area (TPSA) is 8.81 Å². The molecule has 2 heteroatoms. The van der Waals surface area contributed by atoms with Crippen LogP contribution in [0, 0.1) is 5.92 Å². The first-order chi connectivity index (χ1) is 7.19. The molecule has 0 unspecified atom stereocenters. The van der Waals surface area contributed by atoms with Crippen molar-refractivity contribution in [3.63, 3.8) is 0 Å². The van der Waals surface area contributed by atoms with Gasteiger partial charge in [-0.25, -0.2) is 9.13 Å². The quantitative estimate of drug-likeness (QED) is 0.637. The number of imidazole rings is 1. The van der Waals surface area contributed by atoms with Gasteiger partial charge in [0.25, 0.3) is 5.82 Å². The van der Waals surface area contributed by atoms with Gasteiger partial charge in [0.05, 0.1) is 19.5 Å². The summed E-state index contributed by atoms with van der Waals surface area (Å²) in [4.78, 5) is 0. The molecule has 0 amide bonds. The maximum Gasteiger partial charge on any atom is 0.256 e. The Morgan fingerprint density at radius 2 is 2.00 bits per heavy atom. The van der Waals surface area contributed by atoms with Gasteiger partial charge in [-0.2, -0.15) is 0 Å². The largest absolute Gasteiger partial charge is 0.256 e. The molecule has 0 aliphatic carbocycles. The van der Waals surface area contributed by atoms with Gasteiger partial charge in [-0.1, -0.05) is 27.7 Å². The first-order valence-corrected chi connectivity index (χ1v) is 6.26. The van der Waals surface area contributed by atoms with Crippen LogP contribution in [0.2, 0.25) is 0 Å². The third-order valence-electron chi connectivity index (χ3n) is 2.61. The Balaban J connectivity index is 2.86. The van der Waals surface area contributed by atoms with Crippen molar-refractivity contribution in [1.82, 2.24) is 4.57 Å². The molecule has 0 radical (unpaired) electrons. The molecule has 0 spiro atoms. The minimum Gasteiger partial charge on any atom is -0.234 e. The molecule has 1 heterocycles. The standard InChI is InChI=1S/C13H25N2/c1-5-7-14-9-10-15(8-6-2)13(14)11-12(3)4/h9-10,12H,5-8,11H2,1-4H3/q+1. The molecule has 1 rings (SSSR count). The Morgan fingerprint density at radius 3 is 2.53 bits per heavy atom. The monoisotopic (exact) mass is 209 g/mol. The van der Waals surface area contributed by atoms with Gasteiger partial charge >= 0.3 is 0 Å². The highest BCUT2D eigenvalue weighted by atomic mass is 15.1. The summed E-state index contributed by atoms with van der Waals surface area (Å²) in [7, 11) is 0. The smallest absolute Gasteiger partial charge is 0.234 e. The fourth-order valence-electron chi connectivity index (χ4n) is 1.99. The van der Waals surface area contributed by atoms with E-state index in [1.54, 1.807) is 0 Å². The van der Waals surface area contributed by atoms with Crippen molar-refractivity contribution in [2.24, 2.45) is 5.92 Å². The zero-order chi connectivity index (χ0) is 11.3. The third-order valence-corrected chi connectivity index (χ3v) is 2.61. The average molecular weight is 209 g/mol. The summed E-state index contributed by atoms with van der Waals surface area (Å²) in [6.45, 7) is 11.4. The minimum absolute atomic E-state index is 0.735. The fraction of sp³-hybridized carbons (Fsp3) is 0.769. The maximum absolute atomic E-state index is 2.41. The predicted molar refractivity (Wildman–Crippen MR) is 63.8 cm³/mol. The lowest BCUT2D eigenvalue weighted by atomic mass is 10.1. The molecule has 0 aliphatic heterocycles. The Labute approximate surface area is 93.9 Å². The van der Waals surface area contributed by atoms with E-state index in [4.69, 9.17) is 0 Å². The average Bonchev–Trinajstić information content (AvgIpc) is 2.51. The Bertz CT molecular complexity index is 263. The molecule has 0 atom stereocenters. The van der Waals surface area contributed by atoms with Gasteiger partial charge in [-0.3, -0.25) is 0 Å². The summed E-state index contributed by atoms with van der Waals surface area (Å²) in [6, 6.07) is 0.